The molecule has 0 radical (unpaired) electrons. The molecular formula is C14H21NO. The number of benzene rings is 1. The SMILES string of the molecule is CC(NCC(C)(O)c1ccccc1)C1CC1. The van der Waals surface area contributed by atoms with Gasteiger partial charge in [0.1, 0.15) is 0 Å². The predicted molar refractivity (Wildman–Crippen MR) is 66.2 cm³/mol. The van der Waals surface area contributed by atoms with Crippen LogP contribution in [0.5, 0.6) is 0 Å². The van der Waals surface area contributed by atoms with Crippen LogP contribution in [0.1, 0.15) is 32.3 Å². The third-order valence-electron chi connectivity index (χ3n) is 3.49. The smallest absolute Gasteiger partial charge is 0.0992 e. The van der Waals surface area contributed by atoms with E-state index in [9.17, 15) is 5.11 Å². The minimum absolute atomic E-state index is 0.523. The van der Waals surface area contributed by atoms with Crippen LogP contribution in [0.4, 0.5) is 0 Å². The number of nitrogens with one attached hydrogen (secondary N) is 1. The van der Waals surface area contributed by atoms with Gasteiger partial charge in [-0.15, -0.1) is 0 Å². The van der Waals surface area contributed by atoms with Crippen LogP contribution >= 0.6 is 0 Å². The molecule has 0 heterocycles. The summed E-state index contributed by atoms with van der Waals surface area (Å²) in [5, 5.41) is 13.8. The second-order valence-corrected chi connectivity index (χ2v) is 5.15. The van der Waals surface area contributed by atoms with Crippen molar-refractivity contribution in [2.45, 2.75) is 38.3 Å². The van der Waals surface area contributed by atoms with E-state index < -0.39 is 5.60 Å². The summed E-state index contributed by atoms with van der Waals surface area (Å²) in [4.78, 5) is 0. The van der Waals surface area contributed by atoms with Gasteiger partial charge >= 0.3 is 0 Å². The van der Waals surface area contributed by atoms with Crippen molar-refractivity contribution in [3.8, 4) is 0 Å². The maximum Gasteiger partial charge on any atom is 0.0992 e. The van der Waals surface area contributed by atoms with Gasteiger partial charge in [0, 0.05) is 12.6 Å². The minimum Gasteiger partial charge on any atom is -0.384 e. The number of hydrogen-bond donors (Lipinski definition) is 2. The van der Waals surface area contributed by atoms with Crippen LogP contribution in [0.3, 0.4) is 0 Å². The molecule has 88 valence electrons. The first-order chi connectivity index (χ1) is 7.59. The third kappa shape index (κ3) is 2.83. The van der Waals surface area contributed by atoms with Crippen LogP contribution in [0, 0.1) is 5.92 Å². The van der Waals surface area contributed by atoms with Crippen LogP contribution < -0.4 is 5.32 Å². The fourth-order valence-corrected chi connectivity index (χ4v) is 2.02. The minimum atomic E-state index is -0.773. The summed E-state index contributed by atoms with van der Waals surface area (Å²) in [6.45, 7) is 4.70. The Kier molecular flexibility index (Phi) is 3.31. The zero-order valence-electron chi connectivity index (χ0n) is 10.1. The number of hydrogen-bond acceptors (Lipinski definition) is 2. The lowest BCUT2D eigenvalue weighted by atomic mass is 9.95. The summed E-state index contributed by atoms with van der Waals surface area (Å²) >= 11 is 0. The molecule has 0 aliphatic heterocycles. The fraction of sp³-hybridized carbons (Fsp3) is 0.571. The van der Waals surface area contributed by atoms with E-state index in [1.807, 2.05) is 37.3 Å². The van der Waals surface area contributed by atoms with Crippen LogP contribution in [0.15, 0.2) is 30.3 Å². The fourth-order valence-electron chi connectivity index (χ4n) is 2.02. The van der Waals surface area contributed by atoms with Crippen LogP contribution in [-0.2, 0) is 5.60 Å². The first-order valence-corrected chi connectivity index (χ1v) is 6.11. The molecule has 1 aliphatic carbocycles. The summed E-state index contributed by atoms with van der Waals surface area (Å²) in [6, 6.07) is 10.4. The molecule has 0 saturated heterocycles. The molecule has 1 aromatic rings. The lowest BCUT2D eigenvalue weighted by Crippen LogP contribution is -2.40. The predicted octanol–water partition coefficient (Wildman–Crippen LogP) is 2.28. The normalized spacial score (nSPS) is 21.4. The average molecular weight is 219 g/mol. The highest BCUT2D eigenvalue weighted by Gasteiger charge is 2.30. The standard InChI is InChI=1S/C14H21NO/c1-11(12-8-9-12)15-10-14(2,16)13-6-4-3-5-7-13/h3-7,11-12,15-16H,8-10H2,1-2H3. The molecule has 2 unspecified atom stereocenters. The molecular weight excluding hydrogens is 198 g/mol. The summed E-state index contributed by atoms with van der Waals surface area (Å²) in [5.41, 5.74) is 0.204. The van der Waals surface area contributed by atoms with Gasteiger partial charge < -0.3 is 10.4 Å². The molecule has 2 nitrogen and oxygen atoms in total. The van der Waals surface area contributed by atoms with E-state index in [2.05, 4.69) is 12.2 Å². The van der Waals surface area contributed by atoms with E-state index >= 15 is 0 Å². The summed E-state index contributed by atoms with van der Waals surface area (Å²) in [5.74, 6) is 0.826. The van der Waals surface area contributed by atoms with Crippen molar-refractivity contribution in [1.82, 2.24) is 5.32 Å². The Balaban J connectivity index is 1.91. The maximum absolute atomic E-state index is 10.4. The van der Waals surface area contributed by atoms with E-state index in [0.717, 1.165) is 11.5 Å². The van der Waals surface area contributed by atoms with Gasteiger partial charge in [-0.05, 0) is 38.2 Å². The Morgan fingerprint density at radius 1 is 1.38 bits per heavy atom. The van der Waals surface area contributed by atoms with E-state index in [1.54, 1.807) is 0 Å². The van der Waals surface area contributed by atoms with Gasteiger partial charge in [-0.3, -0.25) is 0 Å². The zero-order chi connectivity index (χ0) is 11.6. The Labute approximate surface area is 97.7 Å². The first kappa shape index (κ1) is 11.6. The van der Waals surface area contributed by atoms with Crippen molar-refractivity contribution >= 4 is 0 Å². The van der Waals surface area contributed by atoms with Crippen LogP contribution in [0.25, 0.3) is 0 Å². The molecule has 0 spiro atoms. The van der Waals surface area contributed by atoms with E-state index in [4.69, 9.17) is 0 Å². The molecule has 1 saturated carbocycles. The van der Waals surface area contributed by atoms with E-state index in [0.29, 0.717) is 12.6 Å². The topological polar surface area (TPSA) is 32.3 Å². The van der Waals surface area contributed by atoms with Gasteiger partial charge in [0.2, 0.25) is 0 Å². The molecule has 0 bridgehead atoms. The molecule has 2 atom stereocenters. The van der Waals surface area contributed by atoms with Gasteiger partial charge in [0.25, 0.3) is 0 Å². The van der Waals surface area contributed by atoms with Gasteiger partial charge in [0.15, 0.2) is 0 Å². The van der Waals surface area contributed by atoms with Crippen molar-refractivity contribution < 1.29 is 5.11 Å². The lowest BCUT2D eigenvalue weighted by molar-refractivity contribution is 0.0536. The van der Waals surface area contributed by atoms with E-state index in [-0.39, 0.29) is 0 Å². The second-order valence-electron chi connectivity index (χ2n) is 5.15. The molecule has 2 N–H and O–H groups in total. The largest absolute Gasteiger partial charge is 0.384 e. The van der Waals surface area contributed by atoms with Crippen molar-refractivity contribution in [3.63, 3.8) is 0 Å². The van der Waals surface area contributed by atoms with Gasteiger partial charge in [-0.2, -0.15) is 0 Å². The highest BCUT2D eigenvalue weighted by atomic mass is 16.3. The Bertz CT molecular complexity index is 330. The van der Waals surface area contributed by atoms with Crippen molar-refractivity contribution in [1.29, 1.82) is 0 Å². The molecule has 1 fully saturated rings. The van der Waals surface area contributed by atoms with Crippen molar-refractivity contribution in [3.05, 3.63) is 35.9 Å². The Hall–Kier alpha value is -0.860. The Morgan fingerprint density at radius 2 is 2.00 bits per heavy atom. The molecule has 1 aliphatic rings. The van der Waals surface area contributed by atoms with E-state index in [1.165, 1.54) is 12.8 Å². The van der Waals surface area contributed by atoms with Crippen molar-refractivity contribution in [2.75, 3.05) is 6.54 Å². The third-order valence-corrected chi connectivity index (χ3v) is 3.49. The monoisotopic (exact) mass is 219 g/mol. The first-order valence-electron chi connectivity index (χ1n) is 6.11. The molecule has 1 aromatic carbocycles. The van der Waals surface area contributed by atoms with Crippen LogP contribution in [-0.4, -0.2) is 17.7 Å². The highest BCUT2D eigenvalue weighted by Crippen LogP contribution is 2.32. The van der Waals surface area contributed by atoms with Gasteiger partial charge in [0.05, 0.1) is 5.60 Å². The molecule has 2 rings (SSSR count). The van der Waals surface area contributed by atoms with Crippen molar-refractivity contribution in [2.24, 2.45) is 5.92 Å². The Morgan fingerprint density at radius 3 is 2.56 bits per heavy atom. The summed E-state index contributed by atoms with van der Waals surface area (Å²) < 4.78 is 0. The summed E-state index contributed by atoms with van der Waals surface area (Å²) in [7, 11) is 0. The average Bonchev–Trinajstić information content (AvgIpc) is 3.11. The highest BCUT2D eigenvalue weighted by molar-refractivity contribution is 5.21. The van der Waals surface area contributed by atoms with Gasteiger partial charge in [-0.25, -0.2) is 0 Å². The van der Waals surface area contributed by atoms with Crippen LogP contribution in [0.2, 0.25) is 0 Å². The molecule has 0 aromatic heterocycles. The molecule has 2 heteroatoms. The molecule has 0 amide bonds. The maximum atomic E-state index is 10.4. The lowest BCUT2D eigenvalue weighted by Gasteiger charge is -2.26. The molecule has 16 heavy (non-hydrogen) atoms. The quantitative estimate of drug-likeness (QED) is 0.796. The number of rotatable bonds is 5. The second kappa shape index (κ2) is 4.56. The van der Waals surface area contributed by atoms with Gasteiger partial charge in [-0.1, -0.05) is 30.3 Å². The zero-order valence-corrected chi connectivity index (χ0v) is 10.1. The number of aliphatic hydroxyl groups is 1. The summed E-state index contributed by atoms with van der Waals surface area (Å²) in [6.07, 6.45) is 2.67.